The van der Waals surface area contributed by atoms with Crippen molar-refractivity contribution in [3.05, 3.63) is 16.8 Å². The molecule has 0 radical (unpaired) electrons. The fourth-order valence-electron chi connectivity index (χ4n) is 1.21. The molecule has 4 heteroatoms. The van der Waals surface area contributed by atoms with Gasteiger partial charge in [-0.15, -0.1) is 0 Å². The predicted molar refractivity (Wildman–Crippen MR) is 51.6 cm³/mol. The van der Waals surface area contributed by atoms with Gasteiger partial charge in [-0.25, -0.2) is 9.48 Å². The van der Waals surface area contributed by atoms with Gasteiger partial charge in [0.15, 0.2) is 0 Å². The van der Waals surface area contributed by atoms with Crippen LogP contribution in [0, 0.1) is 5.41 Å². The largest absolute Gasteiger partial charge is 0.345 e. The maximum atomic E-state index is 11.5. The first-order valence-electron chi connectivity index (χ1n) is 4.56. The summed E-state index contributed by atoms with van der Waals surface area (Å²) in [4.78, 5) is 11.5. The van der Waals surface area contributed by atoms with Gasteiger partial charge in [-0.3, -0.25) is 4.57 Å². The molecule has 0 N–H and O–H groups in total. The third-order valence-electron chi connectivity index (χ3n) is 1.74. The molecule has 0 aliphatic rings. The minimum absolute atomic E-state index is 0.0163. The average molecular weight is 183 g/mol. The van der Waals surface area contributed by atoms with E-state index in [0.717, 1.165) is 0 Å². The molecule has 0 amide bonds. The van der Waals surface area contributed by atoms with Gasteiger partial charge in [0, 0.05) is 13.1 Å². The molecule has 1 aromatic heterocycles. The molecule has 1 heterocycles. The van der Waals surface area contributed by atoms with Crippen molar-refractivity contribution in [1.82, 2.24) is 14.3 Å². The molecule has 0 aromatic carbocycles. The maximum absolute atomic E-state index is 11.5. The van der Waals surface area contributed by atoms with Crippen LogP contribution >= 0.6 is 0 Å². The van der Waals surface area contributed by atoms with E-state index in [0.29, 0.717) is 13.1 Å². The van der Waals surface area contributed by atoms with Gasteiger partial charge in [0.05, 0.1) is 0 Å². The van der Waals surface area contributed by atoms with Crippen LogP contribution in [0.1, 0.15) is 27.7 Å². The molecule has 0 unspecified atom stereocenters. The van der Waals surface area contributed by atoms with Crippen LogP contribution in [0.5, 0.6) is 0 Å². The molecule has 0 atom stereocenters. The number of nitrogens with zero attached hydrogens (tertiary/aromatic N) is 3. The average Bonchev–Trinajstić information content (AvgIpc) is 2.30. The predicted octanol–water partition coefficient (Wildman–Crippen LogP) is 1.11. The summed E-state index contributed by atoms with van der Waals surface area (Å²) in [5, 5.41) is 3.99. The Kier molecular flexibility index (Phi) is 2.59. The summed E-state index contributed by atoms with van der Waals surface area (Å²) in [6.45, 7) is 9.56. The van der Waals surface area contributed by atoms with Crippen molar-refractivity contribution < 1.29 is 0 Å². The minimum atomic E-state index is -0.0163. The van der Waals surface area contributed by atoms with Crippen LogP contribution in [0.15, 0.2) is 11.1 Å². The highest BCUT2D eigenvalue weighted by Crippen LogP contribution is 2.14. The molecule has 4 nitrogen and oxygen atoms in total. The summed E-state index contributed by atoms with van der Waals surface area (Å²) in [6.07, 6.45) is 1.61. The van der Waals surface area contributed by atoms with Crippen molar-refractivity contribution in [3.8, 4) is 0 Å². The van der Waals surface area contributed by atoms with Crippen LogP contribution in [0.2, 0.25) is 0 Å². The zero-order chi connectivity index (χ0) is 10.1. The Morgan fingerprint density at radius 1 is 1.46 bits per heavy atom. The monoisotopic (exact) mass is 183 g/mol. The van der Waals surface area contributed by atoms with Crippen LogP contribution in [0.4, 0.5) is 0 Å². The molecule has 74 valence electrons. The highest BCUT2D eigenvalue weighted by molar-refractivity contribution is 4.72. The highest BCUT2D eigenvalue weighted by Gasteiger charge is 2.13. The lowest BCUT2D eigenvalue weighted by molar-refractivity contribution is 0.336. The fourth-order valence-corrected chi connectivity index (χ4v) is 1.21. The number of aryl methyl sites for hydroxylation is 1. The van der Waals surface area contributed by atoms with Gasteiger partial charge in [0.2, 0.25) is 0 Å². The van der Waals surface area contributed by atoms with Crippen LogP contribution in [0.25, 0.3) is 0 Å². The van der Waals surface area contributed by atoms with E-state index in [-0.39, 0.29) is 11.1 Å². The Bertz CT molecular complexity index is 329. The third-order valence-corrected chi connectivity index (χ3v) is 1.74. The van der Waals surface area contributed by atoms with Crippen LogP contribution < -0.4 is 5.69 Å². The summed E-state index contributed by atoms with van der Waals surface area (Å²) in [5.74, 6) is 0. The summed E-state index contributed by atoms with van der Waals surface area (Å²) in [7, 11) is 0. The first kappa shape index (κ1) is 10.0. The second-order valence-electron chi connectivity index (χ2n) is 4.42. The summed E-state index contributed by atoms with van der Waals surface area (Å²) < 4.78 is 3.12. The normalized spacial score (nSPS) is 12.0. The smallest absolute Gasteiger partial charge is 0.281 e. The Morgan fingerprint density at radius 2 is 2.08 bits per heavy atom. The van der Waals surface area contributed by atoms with Crippen molar-refractivity contribution in [2.24, 2.45) is 5.41 Å². The Balaban J connectivity index is 2.91. The van der Waals surface area contributed by atoms with Crippen LogP contribution in [-0.4, -0.2) is 14.3 Å². The number of hydrogen-bond acceptors (Lipinski definition) is 2. The first-order valence-corrected chi connectivity index (χ1v) is 4.56. The van der Waals surface area contributed by atoms with Crippen LogP contribution in [0.3, 0.4) is 0 Å². The summed E-state index contributed by atoms with van der Waals surface area (Å²) in [6, 6.07) is 0. The second-order valence-corrected chi connectivity index (χ2v) is 4.42. The number of rotatable bonds is 2. The Morgan fingerprint density at radius 3 is 2.46 bits per heavy atom. The van der Waals surface area contributed by atoms with Gasteiger partial charge >= 0.3 is 5.69 Å². The van der Waals surface area contributed by atoms with E-state index in [2.05, 4.69) is 25.9 Å². The third kappa shape index (κ3) is 2.44. The zero-order valence-electron chi connectivity index (χ0n) is 8.74. The van der Waals surface area contributed by atoms with E-state index < -0.39 is 0 Å². The lowest BCUT2D eigenvalue weighted by Gasteiger charge is -2.17. The topological polar surface area (TPSA) is 39.8 Å². The molecule has 0 fully saturated rings. The lowest BCUT2D eigenvalue weighted by Crippen LogP contribution is -2.28. The molecule has 0 saturated carbocycles. The standard InChI is InChI=1S/C9H17N3O/c1-5-12-8(13)11(7-10-12)6-9(2,3)4/h7H,5-6H2,1-4H3. The fraction of sp³-hybridized carbons (Fsp3) is 0.778. The molecular formula is C9H17N3O. The van der Waals surface area contributed by atoms with Crippen molar-refractivity contribution in [2.45, 2.75) is 40.8 Å². The highest BCUT2D eigenvalue weighted by atomic mass is 16.2. The lowest BCUT2D eigenvalue weighted by atomic mass is 9.97. The molecule has 1 rings (SSSR count). The van der Waals surface area contributed by atoms with E-state index >= 15 is 0 Å². The number of aromatic nitrogens is 3. The molecule has 0 saturated heterocycles. The molecule has 0 bridgehead atoms. The van der Waals surface area contributed by atoms with Crippen LogP contribution in [-0.2, 0) is 13.1 Å². The van der Waals surface area contributed by atoms with E-state index in [1.165, 1.54) is 4.68 Å². The maximum Gasteiger partial charge on any atom is 0.345 e. The summed E-state index contributed by atoms with van der Waals surface area (Å²) in [5.41, 5.74) is 0.100. The second kappa shape index (κ2) is 3.36. The van der Waals surface area contributed by atoms with Gasteiger partial charge in [0.25, 0.3) is 0 Å². The van der Waals surface area contributed by atoms with Gasteiger partial charge in [-0.2, -0.15) is 5.10 Å². The van der Waals surface area contributed by atoms with Crippen molar-refractivity contribution in [1.29, 1.82) is 0 Å². The summed E-state index contributed by atoms with van der Waals surface area (Å²) >= 11 is 0. The molecule has 0 aliphatic heterocycles. The zero-order valence-corrected chi connectivity index (χ0v) is 8.74. The molecule has 13 heavy (non-hydrogen) atoms. The Labute approximate surface area is 78.2 Å². The van der Waals surface area contributed by atoms with E-state index in [1.807, 2.05) is 6.92 Å². The van der Waals surface area contributed by atoms with Gasteiger partial charge < -0.3 is 0 Å². The van der Waals surface area contributed by atoms with Crippen molar-refractivity contribution in [2.75, 3.05) is 0 Å². The SMILES string of the molecule is CCn1ncn(CC(C)(C)C)c1=O. The van der Waals surface area contributed by atoms with E-state index in [9.17, 15) is 4.79 Å². The Hall–Kier alpha value is -1.06. The van der Waals surface area contributed by atoms with Gasteiger partial charge in [-0.1, -0.05) is 20.8 Å². The van der Waals surface area contributed by atoms with E-state index in [1.54, 1.807) is 10.9 Å². The van der Waals surface area contributed by atoms with Gasteiger partial charge in [0.1, 0.15) is 6.33 Å². The van der Waals surface area contributed by atoms with Crippen molar-refractivity contribution >= 4 is 0 Å². The molecular weight excluding hydrogens is 166 g/mol. The first-order chi connectivity index (χ1) is 5.94. The number of hydrogen-bond donors (Lipinski definition) is 0. The van der Waals surface area contributed by atoms with Gasteiger partial charge in [-0.05, 0) is 12.3 Å². The minimum Gasteiger partial charge on any atom is -0.281 e. The quantitative estimate of drug-likeness (QED) is 0.689. The van der Waals surface area contributed by atoms with Crippen molar-refractivity contribution in [3.63, 3.8) is 0 Å². The molecule has 1 aromatic rings. The molecule has 0 aliphatic carbocycles. The molecule has 0 spiro atoms. The van der Waals surface area contributed by atoms with E-state index in [4.69, 9.17) is 0 Å².